The van der Waals surface area contributed by atoms with Gasteiger partial charge in [-0.15, -0.1) is 0 Å². The second-order valence-corrected chi connectivity index (χ2v) is 4.90. The first-order valence-corrected chi connectivity index (χ1v) is 5.90. The standard InChI is InChI=1S/C13H15N3O/c1-7-3-4-11(12-10(7)6-14-16-12)15-13(17)9-5-8(9)2/h3-4,6,8-9H,5H2,1-2H3,(H,14,16)(H,15,17). The number of hydrogen-bond acceptors (Lipinski definition) is 2. The maximum Gasteiger partial charge on any atom is 0.227 e. The van der Waals surface area contributed by atoms with Gasteiger partial charge in [-0.1, -0.05) is 13.0 Å². The zero-order chi connectivity index (χ0) is 12.0. The van der Waals surface area contributed by atoms with Crippen molar-refractivity contribution in [2.75, 3.05) is 5.32 Å². The van der Waals surface area contributed by atoms with Crippen LogP contribution in [-0.4, -0.2) is 16.1 Å². The minimum atomic E-state index is 0.122. The quantitative estimate of drug-likeness (QED) is 0.831. The topological polar surface area (TPSA) is 57.8 Å². The molecule has 4 nitrogen and oxygen atoms in total. The summed E-state index contributed by atoms with van der Waals surface area (Å²) in [6.45, 7) is 4.14. The molecule has 0 aliphatic heterocycles. The van der Waals surface area contributed by atoms with Crippen molar-refractivity contribution in [2.45, 2.75) is 20.3 Å². The van der Waals surface area contributed by atoms with Crippen molar-refractivity contribution in [3.63, 3.8) is 0 Å². The van der Waals surface area contributed by atoms with Gasteiger partial charge in [-0.25, -0.2) is 0 Å². The van der Waals surface area contributed by atoms with Gasteiger partial charge in [0, 0.05) is 11.3 Å². The van der Waals surface area contributed by atoms with Crippen LogP contribution >= 0.6 is 0 Å². The highest BCUT2D eigenvalue weighted by molar-refractivity contribution is 6.02. The molecule has 2 N–H and O–H groups in total. The van der Waals surface area contributed by atoms with E-state index in [0.717, 1.165) is 28.6 Å². The fourth-order valence-electron chi connectivity index (χ4n) is 2.19. The Morgan fingerprint density at radius 3 is 3.00 bits per heavy atom. The van der Waals surface area contributed by atoms with Crippen molar-refractivity contribution in [3.8, 4) is 0 Å². The number of nitrogens with one attached hydrogen (secondary N) is 2. The first-order chi connectivity index (χ1) is 8.16. The zero-order valence-electron chi connectivity index (χ0n) is 9.95. The van der Waals surface area contributed by atoms with Gasteiger partial charge >= 0.3 is 0 Å². The van der Waals surface area contributed by atoms with Crippen LogP contribution in [0.2, 0.25) is 0 Å². The van der Waals surface area contributed by atoms with E-state index < -0.39 is 0 Å². The highest BCUT2D eigenvalue weighted by Gasteiger charge is 2.39. The first-order valence-electron chi connectivity index (χ1n) is 5.90. The molecule has 1 fully saturated rings. The monoisotopic (exact) mass is 229 g/mol. The Balaban J connectivity index is 1.92. The molecular weight excluding hydrogens is 214 g/mol. The number of benzene rings is 1. The van der Waals surface area contributed by atoms with Gasteiger partial charge in [0.15, 0.2) is 0 Å². The largest absolute Gasteiger partial charge is 0.324 e. The average Bonchev–Trinajstić information content (AvgIpc) is 2.84. The molecule has 0 saturated heterocycles. The number of nitrogens with zero attached hydrogens (tertiary/aromatic N) is 1. The molecule has 17 heavy (non-hydrogen) atoms. The van der Waals surface area contributed by atoms with E-state index in [-0.39, 0.29) is 11.8 Å². The summed E-state index contributed by atoms with van der Waals surface area (Å²) in [6.07, 6.45) is 2.80. The second-order valence-electron chi connectivity index (χ2n) is 4.90. The van der Waals surface area contributed by atoms with Crippen LogP contribution in [0.25, 0.3) is 10.9 Å². The Hall–Kier alpha value is -1.84. The Kier molecular flexibility index (Phi) is 2.18. The SMILES string of the molecule is Cc1ccc(NC(=O)C2CC2C)c2[nH]ncc12. The third kappa shape index (κ3) is 1.69. The van der Waals surface area contributed by atoms with Gasteiger partial charge in [0.25, 0.3) is 0 Å². The minimum absolute atomic E-state index is 0.122. The molecule has 1 aromatic heterocycles. The molecule has 2 aromatic rings. The lowest BCUT2D eigenvalue weighted by atomic mass is 10.1. The molecule has 1 aliphatic carbocycles. The van der Waals surface area contributed by atoms with E-state index in [1.807, 2.05) is 19.1 Å². The van der Waals surface area contributed by atoms with Crippen molar-refractivity contribution in [3.05, 3.63) is 23.9 Å². The molecule has 1 aliphatic rings. The zero-order valence-corrected chi connectivity index (χ0v) is 9.95. The van der Waals surface area contributed by atoms with Crippen LogP contribution in [0.5, 0.6) is 0 Å². The van der Waals surface area contributed by atoms with E-state index >= 15 is 0 Å². The summed E-state index contributed by atoms with van der Waals surface area (Å²) in [6, 6.07) is 3.94. The summed E-state index contributed by atoms with van der Waals surface area (Å²) in [5.74, 6) is 0.837. The molecule has 88 valence electrons. The average molecular weight is 229 g/mol. The number of aromatic amines is 1. The van der Waals surface area contributed by atoms with Crippen LogP contribution in [0.1, 0.15) is 18.9 Å². The predicted molar refractivity (Wildman–Crippen MR) is 66.7 cm³/mol. The number of hydrogen-bond donors (Lipinski definition) is 2. The summed E-state index contributed by atoms with van der Waals surface area (Å²) in [5, 5.41) is 11.0. The molecule has 1 amide bonds. The van der Waals surface area contributed by atoms with Crippen molar-refractivity contribution in [1.29, 1.82) is 0 Å². The van der Waals surface area contributed by atoms with Crippen LogP contribution in [0, 0.1) is 18.8 Å². The third-order valence-corrected chi connectivity index (χ3v) is 3.54. The third-order valence-electron chi connectivity index (χ3n) is 3.54. The van der Waals surface area contributed by atoms with E-state index in [1.165, 1.54) is 0 Å². The number of aromatic nitrogens is 2. The Morgan fingerprint density at radius 1 is 1.53 bits per heavy atom. The van der Waals surface area contributed by atoms with Crippen molar-refractivity contribution in [1.82, 2.24) is 10.2 Å². The molecule has 1 saturated carbocycles. The van der Waals surface area contributed by atoms with Crippen molar-refractivity contribution >= 4 is 22.5 Å². The molecule has 2 atom stereocenters. The van der Waals surface area contributed by atoms with Gasteiger partial charge in [-0.2, -0.15) is 5.10 Å². The van der Waals surface area contributed by atoms with Crippen LogP contribution in [-0.2, 0) is 4.79 Å². The number of amides is 1. The summed E-state index contributed by atoms with van der Waals surface area (Å²) in [7, 11) is 0. The lowest BCUT2D eigenvalue weighted by Crippen LogP contribution is -2.14. The molecule has 0 bridgehead atoms. The summed E-state index contributed by atoms with van der Waals surface area (Å²) >= 11 is 0. The molecule has 0 spiro atoms. The smallest absolute Gasteiger partial charge is 0.227 e. The number of anilines is 1. The first kappa shape index (κ1) is 10.3. The molecular formula is C13H15N3O. The molecule has 4 heteroatoms. The minimum Gasteiger partial charge on any atom is -0.324 e. The maximum absolute atomic E-state index is 11.9. The Labute approximate surface area is 99.4 Å². The van der Waals surface area contributed by atoms with Gasteiger partial charge in [0.2, 0.25) is 5.91 Å². The van der Waals surface area contributed by atoms with Crippen LogP contribution in [0.15, 0.2) is 18.3 Å². The molecule has 2 unspecified atom stereocenters. The highest BCUT2D eigenvalue weighted by atomic mass is 16.2. The van der Waals surface area contributed by atoms with E-state index in [9.17, 15) is 4.79 Å². The van der Waals surface area contributed by atoms with E-state index in [1.54, 1.807) is 6.20 Å². The lowest BCUT2D eigenvalue weighted by molar-refractivity contribution is -0.117. The van der Waals surface area contributed by atoms with E-state index in [0.29, 0.717) is 5.92 Å². The van der Waals surface area contributed by atoms with Crippen LogP contribution < -0.4 is 5.32 Å². The van der Waals surface area contributed by atoms with E-state index in [2.05, 4.69) is 22.4 Å². The highest BCUT2D eigenvalue weighted by Crippen LogP contribution is 2.38. The molecule has 3 rings (SSSR count). The number of rotatable bonds is 2. The Morgan fingerprint density at radius 2 is 2.29 bits per heavy atom. The van der Waals surface area contributed by atoms with Crippen molar-refractivity contribution in [2.24, 2.45) is 11.8 Å². The number of aryl methyl sites for hydroxylation is 1. The summed E-state index contributed by atoms with van der Waals surface area (Å²) in [4.78, 5) is 11.9. The Bertz CT molecular complexity index is 587. The van der Waals surface area contributed by atoms with Crippen LogP contribution in [0.3, 0.4) is 0 Å². The number of carbonyl (C=O) groups excluding carboxylic acids is 1. The summed E-state index contributed by atoms with van der Waals surface area (Å²) in [5.41, 5.74) is 2.89. The normalized spacial score (nSPS) is 22.7. The summed E-state index contributed by atoms with van der Waals surface area (Å²) < 4.78 is 0. The van der Waals surface area contributed by atoms with Gasteiger partial charge < -0.3 is 5.32 Å². The number of H-pyrrole nitrogens is 1. The van der Waals surface area contributed by atoms with Gasteiger partial charge in [0.05, 0.1) is 17.4 Å². The fourth-order valence-corrected chi connectivity index (χ4v) is 2.19. The maximum atomic E-state index is 11.9. The van der Waals surface area contributed by atoms with Gasteiger partial charge in [-0.05, 0) is 30.9 Å². The number of carbonyl (C=O) groups is 1. The van der Waals surface area contributed by atoms with Crippen LogP contribution in [0.4, 0.5) is 5.69 Å². The van der Waals surface area contributed by atoms with Crippen molar-refractivity contribution < 1.29 is 4.79 Å². The second kappa shape index (κ2) is 3.58. The lowest BCUT2D eigenvalue weighted by Gasteiger charge is -2.06. The molecule has 0 radical (unpaired) electrons. The van der Waals surface area contributed by atoms with E-state index in [4.69, 9.17) is 0 Å². The molecule has 1 aromatic carbocycles. The van der Waals surface area contributed by atoms with Gasteiger partial charge in [-0.3, -0.25) is 9.89 Å². The van der Waals surface area contributed by atoms with Gasteiger partial charge in [0.1, 0.15) is 0 Å². The number of fused-ring (bicyclic) bond motifs is 1. The molecule has 1 heterocycles. The fraction of sp³-hybridized carbons (Fsp3) is 0.385. The predicted octanol–water partition coefficient (Wildman–Crippen LogP) is 2.47.